The second-order valence-electron chi connectivity index (χ2n) is 6.73. The molecule has 0 radical (unpaired) electrons. The molecule has 4 N–H and O–H groups in total. The molecule has 0 aliphatic heterocycles. The van der Waals surface area contributed by atoms with Crippen molar-refractivity contribution in [1.82, 2.24) is 9.97 Å². The second kappa shape index (κ2) is 9.11. The van der Waals surface area contributed by atoms with Crippen LogP contribution in [0.5, 0.6) is 0 Å². The lowest BCUT2D eigenvalue weighted by Gasteiger charge is -2.22. The zero-order valence-electron chi connectivity index (χ0n) is 14.9. The van der Waals surface area contributed by atoms with E-state index in [4.69, 9.17) is 5.73 Å². The number of nitrogen functional groups attached to an aromatic ring is 1. The maximum atomic E-state index is 12.2. The summed E-state index contributed by atoms with van der Waals surface area (Å²) in [5, 5.41) is 2.96. The Morgan fingerprint density at radius 2 is 1.96 bits per heavy atom. The normalized spacial score (nSPS) is 13.3. The molecular weight excluding hydrogens is 383 g/mol. The maximum Gasteiger partial charge on any atom is 0.224 e. The average Bonchev–Trinajstić information content (AvgIpc) is 2.95. The van der Waals surface area contributed by atoms with E-state index >= 15 is 0 Å². The number of nitrogens with zero attached hydrogens (tertiary/aromatic N) is 1. The van der Waals surface area contributed by atoms with Crippen LogP contribution in [-0.2, 0) is 11.2 Å². The van der Waals surface area contributed by atoms with Gasteiger partial charge in [0.05, 0.1) is 11.0 Å². The van der Waals surface area contributed by atoms with Crippen LogP contribution in [0.3, 0.4) is 0 Å². The summed E-state index contributed by atoms with van der Waals surface area (Å²) in [6.45, 7) is 0. The van der Waals surface area contributed by atoms with Gasteiger partial charge in [0.1, 0.15) is 5.82 Å². The minimum atomic E-state index is -0.0127. The molecular formula is C20H24Cl2N4O. The Bertz CT molecular complexity index is 921. The van der Waals surface area contributed by atoms with E-state index in [1.54, 1.807) is 0 Å². The highest BCUT2D eigenvalue weighted by Gasteiger charge is 2.22. The monoisotopic (exact) mass is 406 g/mol. The molecule has 5 nitrogen and oxygen atoms in total. The predicted octanol–water partition coefficient (Wildman–Crippen LogP) is 4.83. The van der Waals surface area contributed by atoms with Gasteiger partial charge in [0.25, 0.3) is 0 Å². The molecule has 27 heavy (non-hydrogen) atoms. The molecule has 2 aromatic carbocycles. The van der Waals surface area contributed by atoms with Gasteiger partial charge in [-0.1, -0.05) is 24.6 Å². The summed E-state index contributed by atoms with van der Waals surface area (Å²) in [4.78, 5) is 20.3. The molecule has 4 rings (SSSR count). The zero-order valence-corrected chi connectivity index (χ0v) is 16.5. The number of para-hydroxylation sites is 1. The number of nitrogens with two attached hydrogens (primary N) is 1. The largest absolute Gasteiger partial charge is 0.399 e. The van der Waals surface area contributed by atoms with Gasteiger partial charge >= 0.3 is 0 Å². The van der Waals surface area contributed by atoms with Gasteiger partial charge in [0, 0.05) is 23.7 Å². The Hall–Kier alpha value is -2.24. The number of H-pyrrole nitrogens is 1. The zero-order chi connectivity index (χ0) is 17.2. The van der Waals surface area contributed by atoms with Crippen LogP contribution < -0.4 is 11.1 Å². The van der Waals surface area contributed by atoms with Crippen molar-refractivity contribution >= 4 is 53.1 Å². The third-order valence-electron chi connectivity index (χ3n) is 4.95. The molecule has 1 fully saturated rings. The fourth-order valence-corrected chi connectivity index (χ4v) is 3.22. The fraction of sp³-hybridized carbons (Fsp3) is 0.300. The van der Waals surface area contributed by atoms with Gasteiger partial charge in [-0.25, -0.2) is 4.98 Å². The third-order valence-corrected chi connectivity index (χ3v) is 4.95. The number of anilines is 2. The van der Waals surface area contributed by atoms with Crippen molar-refractivity contribution in [2.24, 2.45) is 0 Å². The van der Waals surface area contributed by atoms with Gasteiger partial charge in [0.2, 0.25) is 5.91 Å². The number of benzene rings is 2. The molecule has 0 spiro atoms. The fourth-order valence-electron chi connectivity index (χ4n) is 3.22. The number of aromatic nitrogens is 2. The number of nitrogens with one attached hydrogen (secondary N) is 2. The maximum absolute atomic E-state index is 12.2. The van der Waals surface area contributed by atoms with Crippen LogP contribution in [0.25, 0.3) is 11.0 Å². The first-order valence-corrected chi connectivity index (χ1v) is 8.82. The molecule has 144 valence electrons. The van der Waals surface area contributed by atoms with Gasteiger partial charge in [0.15, 0.2) is 0 Å². The first-order valence-electron chi connectivity index (χ1n) is 8.82. The van der Waals surface area contributed by atoms with Crippen LogP contribution in [0, 0.1) is 0 Å². The SMILES string of the molecule is Cl.Cl.Nc1ccccc1CCC(=O)Nc1ccc2nc(C3CCC3)[nH]c2c1. The first kappa shape index (κ1) is 21.1. The number of carbonyl (C=O) groups is 1. The highest BCUT2D eigenvalue weighted by atomic mass is 35.5. The van der Waals surface area contributed by atoms with Crippen LogP contribution in [-0.4, -0.2) is 15.9 Å². The number of carbonyl (C=O) groups excluding carboxylic acids is 1. The topological polar surface area (TPSA) is 83.8 Å². The summed E-state index contributed by atoms with van der Waals surface area (Å²) in [7, 11) is 0. The van der Waals surface area contributed by atoms with Gasteiger partial charge in [-0.05, 0) is 49.1 Å². The summed E-state index contributed by atoms with van der Waals surface area (Å²) in [5.74, 6) is 1.63. The summed E-state index contributed by atoms with van der Waals surface area (Å²) in [5.41, 5.74) is 10.4. The van der Waals surface area contributed by atoms with Gasteiger partial charge in [-0.2, -0.15) is 0 Å². The minimum Gasteiger partial charge on any atom is -0.399 e. The summed E-state index contributed by atoms with van der Waals surface area (Å²) in [6, 6.07) is 13.5. The Kier molecular flexibility index (Phi) is 7.11. The van der Waals surface area contributed by atoms with E-state index < -0.39 is 0 Å². The third kappa shape index (κ3) is 4.73. The van der Waals surface area contributed by atoms with E-state index in [1.165, 1.54) is 19.3 Å². The number of aryl methyl sites for hydroxylation is 1. The van der Waals surface area contributed by atoms with E-state index in [0.29, 0.717) is 18.8 Å². The van der Waals surface area contributed by atoms with Crippen molar-refractivity contribution in [1.29, 1.82) is 0 Å². The number of aromatic amines is 1. The van der Waals surface area contributed by atoms with E-state index in [2.05, 4.69) is 15.3 Å². The quantitative estimate of drug-likeness (QED) is 0.530. The lowest BCUT2D eigenvalue weighted by molar-refractivity contribution is -0.116. The number of hydrogen-bond acceptors (Lipinski definition) is 3. The van der Waals surface area contributed by atoms with Crippen LogP contribution in [0.15, 0.2) is 42.5 Å². The lowest BCUT2D eigenvalue weighted by atomic mass is 9.85. The Labute approximate surface area is 171 Å². The molecule has 1 aliphatic rings. The number of fused-ring (bicyclic) bond motifs is 1. The minimum absolute atomic E-state index is 0. The molecule has 1 heterocycles. The molecule has 1 aliphatic carbocycles. The smallest absolute Gasteiger partial charge is 0.224 e. The van der Waals surface area contributed by atoms with E-state index in [9.17, 15) is 4.79 Å². The van der Waals surface area contributed by atoms with Gasteiger partial charge in [-0.3, -0.25) is 4.79 Å². The molecule has 1 amide bonds. The van der Waals surface area contributed by atoms with Crippen LogP contribution in [0.1, 0.15) is 43.0 Å². The molecule has 0 saturated heterocycles. The molecule has 0 bridgehead atoms. The van der Waals surface area contributed by atoms with Gasteiger partial charge in [-0.15, -0.1) is 24.8 Å². The predicted molar refractivity (Wildman–Crippen MR) is 115 cm³/mol. The lowest BCUT2D eigenvalue weighted by Crippen LogP contribution is -2.12. The molecule has 0 unspecified atom stereocenters. The average molecular weight is 407 g/mol. The van der Waals surface area contributed by atoms with Crippen LogP contribution in [0.2, 0.25) is 0 Å². The van der Waals surface area contributed by atoms with Crippen molar-refractivity contribution in [3.05, 3.63) is 53.9 Å². The van der Waals surface area contributed by atoms with E-state index in [1.807, 2.05) is 42.5 Å². The van der Waals surface area contributed by atoms with Crippen molar-refractivity contribution in [3.63, 3.8) is 0 Å². The van der Waals surface area contributed by atoms with Crippen LogP contribution >= 0.6 is 24.8 Å². The first-order chi connectivity index (χ1) is 12.2. The molecule has 3 aromatic rings. The van der Waals surface area contributed by atoms with E-state index in [0.717, 1.165) is 33.8 Å². The van der Waals surface area contributed by atoms with Crippen molar-refractivity contribution in [2.75, 3.05) is 11.1 Å². The number of hydrogen-bond donors (Lipinski definition) is 3. The molecule has 1 aromatic heterocycles. The number of amides is 1. The summed E-state index contributed by atoms with van der Waals surface area (Å²) >= 11 is 0. The number of imidazole rings is 1. The van der Waals surface area contributed by atoms with Crippen LogP contribution in [0.4, 0.5) is 11.4 Å². The van der Waals surface area contributed by atoms with E-state index in [-0.39, 0.29) is 30.7 Å². The molecule has 1 saturated carbocycles. The highest BCUT2D eigenvalue weighted by Crippen LogP contribution is 2.35. The van der Waals surface area contributed by atoms with Gasteiger partial charge < -0.3 is 16.0 Å². The summed E-state index contributed by atoms with van der Waals surface area (Å²) in [6.07, 6.45) is 4.76. The van der Waals surface area contributed by atoms with Crippen molar-refractivity contribution in [2.45, 2.75) is 38.0 Å². The number of rotatable bonds is 5. The second-order valence-corrected chi connectivity index (χ2v) is 6.73. The Morgan fingerprint density at radius 3 is 2.67 bits per heavy atom. The summed E-state index contributed by atoms with van der Waals surface area (Å²) < 4.78 is 0. The highest BCUT2D eigenvalue weighted by molar-refractivity contribution is 5.93. The molecule has 0 atom stereocenters. The molecule has 7 heteroatoms. The van der Waals surface area contributed by atoms with Crippen molar-refractivity contribution in [3.8, 4) is 0 Å². The Balaban J connectivity index is 0.00000131. The van der Waals surface area contributed by atoms with Crippen molar-refractivity contribution < 1.29 is 4.79 Å². The standard InChI is InChI=1S/C20H22N4O.2ClH/c21-16-7-2-1-4-13(16)8-11-19(25)22-15-9-10-17-18(12-15)24-20(23-17)14-5-3-6-14;;/h1-2,4,7,9-10,12,14H,3,5-6,8,11,21H2,(H,22,25)(H,23,24);2*1H. The number of halogens is 2. The Morgan fingerprint density at radius 1 is 1.19 bits per heavy atom.